The smallest absolute Gasteiger partial charge is 0.106 e. The number of nitrogens with zero attached hydrogens (tertiary/aromatic N) is 1. The van der Waals surface area contributed by atoms with Crippen molar-refractivity contribution in [2.75, 3.05) is 13.1 Å². The molecule has 1 unspecified atom stereocenters. The van der Waals surface area contributed by atoms with E-state index in [0.29, 0.717) is 0 Å². The lowest BCUT2D eigenvalue weighted by Crippen LogP contribution is -2.50. The minimum absolute atomic E-state index is 0.148. The molecule has 2 nitrogen and oxygen atoms in total. The van der Waals surface area contributed by atoms with Crippen LogP contribution in [-0.2, 0) is 0 Å². The average molecular weight is 239 g/mol. The van der Waals surface area contributed by atoms with Gasteiger partial charge in [-0.3, -0.25) is 4.90 Å². The number of hydrogen-bond donors (Lipinski definition) is 1. The summed E-state index contributed by atoms with van der Waals surface area (Å²) >= 11 is 1.65. The predicted octanol–water partition coefficient (Wildman–Crippen LogP) is 3.05. The van der Waals surface area contributed by atoms with Gasteiger partial charge in [-0.05, 0) is 51.2 Å². The Morgan fingerprint density at radius 3 is 2.56 bits per heavy atom. The van der Waals surface area contributed by atoms with Crippen LogP contribution in [0, 0.1) is 0 Å². The molecule has 0 spiro atoms. The van der Waals surface area contributed by atoms with Crippen LogP contribution >= 0.6 is 11.3 Å². The highest BCUT2D eigenvalue weighted by Gasteiger charge is 2.36. The quantitative estimate of drug-likeness (QED) is 0.876. The van der Waals surface area contributed by atoms with E-state index < -0.39 is 0 Å². The maximum absolute atomic E-state index is 10.5. The van der Waals surface area contributed by atoms with E-state index in [0.717, 1.165) is 18.0 Å². The van der Waals surface area contributed by atoms with E-state index in [1.54, 1.807) is 11.3 Å². The molecule has 1 aliphatic rings. The standard InChI is InChI=1S/C13H21NOS/c1-13(2,14-8-4-3-5-9-14)12(15)11-7-6-10-16-11/h6-7,10,12,15H,3-5,8-9H2,1-2H3. The van der Waals surface area contributed by atoms with Gasteiger partial charge in [0, 0.05) is 10.4 Å². The first-order valence-corrected chi connectivity index (χ1v) is 6.97. The lowest BCUT2D eigenvalue weighted by Gasteiger charge is -2.43. The average Bonchev–Trinajstić information content (AvgIpc) is 2.82. The molecule has 0 aliphatic carbocycles. The summed E-state index contributed by atoms with van der Waals surface area (Å²) in [6.45, 7) is 6.55. The third-order valence-electron chi connectivity index (χ3n) is 3.65. The van der Waals surface area contributed by atoms with Gasteiger partial charge in [0.05, 0.1) is 0 Å². The van der Waals surface area contributed by atoms with Crippen molar-refractivity contribution in [3.8, 4) is 0 Å². The predicted molar refractivity (Wildman–Crippen MR) is 68.8 cm³/mol. The second-order valence-electron chi connectivity index (χ2n) is 5.12. The fourth-order valence-corrected chi connectivity index (χ4v) is 3.33. The van der Waals surface area contributed by atoms with Gasteiger partial charge in [-0.2, -0.15) is 0 Å². The molecule has 1 aromatic rings. The van der Waals surface area contributed by atoms with Crippen LogP contribution in [0.3, 0.4) is 0 Å². The molecule has 0 amide bonds. The summed E-state index contributed by atoms with van der Waals surface area (Å²) in [4.78, 5) is 3.51. The Kier molecular flexibility index (Phi) is 3.67. The van der Waals surface area contributed by atoms with Gasteiger partial charge in [0.1, 0.15) is 6.10 Å². The first-order valence-electron chi connectivity index (χ1n) is 6.09. The number of hydrogen-bond acceptors (Lipinski definition) is 3. The lowest BCUT2D eigenvalue weighted by atomic mass is 9.91. The summed E-state index contributed by atoms with van der Waals surface area (Å²) in [5, 5.41) is 12.5. The maximum Gasteiger partial charge on any atom is 0.106 e. The number of aliphatic hydroxyl groups excluding tert-OH is 1. The van der Waals surface area contributed by atoms with E-state index in [1.807, 2.05) is 17.5 Å². The van der Waals surface area contributed by atoms with Gasteiger partial charge in [0.15, 0.2) is 0 Å². The van der Waals surface area contributed by atoms with Crippen LogP contribution in [-0.4, -0.2) is 28.6 Å². The topological polar surface area (TPSA) is 23.5 Å². The van der Waals surface area contributed by atoms with Gasteiger partial charge in [-0.1, -0.05) is 12.5 Å². The normalized spacial score (nSPS) is 20.9. The SMILES string of the molecule is CC(C)(C(O)c1cccs1)N1CCCCC1. The summed E-state index contributed by atoms with van der Waals surface area (Å²) in [5.74, 6) is 0. The molecular formula is C13H21NOS. The van der Waals surface area contributed by atoms with Crippen LogP contribution in [0.2, 0.25) is 0 Å². The third kappa shape index (κ3) is 2.31. The van der Waals surface area contributed by atoms with Crippen molar-refractivity contribution in [2.24, 2.45) is 0 Å². The minimum Gasteiger partial charge on any atom is -0.386 e. The van der Waals surface area contributed by atoms with Gasteiger partial charge >= 0.3 is 0 Å². The molecule has 1 aliphatic heterocycles. The summed E-state index contributed by atoms with van der Waals surface area (Å²) in [6.07, 6.45) is 3.49. The van der Waals surface area contributed by atoms with Crippen LogP contribution in [0.25, 0.3) is 0 Å². The molecule has 2 rings (SSSR count). The van der Waals surface area contributed by atoms with E-state index in [9.17, 15) is 5.11 Å². The van der Waals surface area contributed by atoms with E-state index in [4.69, 9.17) is 0 Å². The second-order valence-corrected chi connectivity index (χ2v) is 6.10. The van der Waals surface area contributed by atoms with Gasteiger partial charge in [-0.25, -0.2) is 0 Å². The minimum atomic E-state index is -0.370. The Morgan fingerprint density at radius 1 is 1.31 bits per heavy atom. The van der Waals surface area contributed by atoms with E-state index in [-0.39, 0.29) is 11.6 Å². The number of thiophene rings is 1. The third-order valence-corrected chi connectivity index (χ3v) is 4.58. The van der Waals surface area contributed by atoms with Crippen molar-refractivity contribution in [3.05, 3.63) is 22.4 Å². The summed E-state index contributed by atoms with van der Waals surface area (Å²) in [6, 6.07) is 4.04. The highest BCUT2D eigenvalue weighted by molar-refractivity contribution is 7.10. The van der Waals surface area contributed by atoms with Gasteiger partial charge in [0.2, 0.25) is 0 Å². The molecule has 1 atom stereocenters. The van der Waals surface area contributed by atoms with Gasteiger partial charge < -0.3 is 5.11 Å². The van der Waals surface area contributed by atoms with Crippen molar-refractivity contribution in [1.82, 2.24) is 4.90 Å². The molecule has 3 heteroatoms. The van der Waals surface area contributed by atoms with E-state index in [2.05, 4.69) is 18.7 Å². The number of aliphatic hydroxyl groups is 1. The number of rotatable bonds is 3. The Labute approximate surface area is 102 Å². The monoisotopic (exact) mass is 239 g/mol. The van der Waals surface area contributed by atoms with Crippen LogP contribution < -0.4 is 0 Å². The molecule has 0 aromatic carbocycles. The number of likely N-dealkylation sites (tertiary alicyclic amines) is 1. The molecule has 1 fully saturated rings. The summed E-state index contributed by atoms with van der Waals surface area (Å²) in [5.41, 5.74) is -0.148. The lowest BCUT2D eigenvalue weighted by molar-refractivity contribution is -0.0190. The molecule has 0 radical (unpaired) electrons. The van der Waals surface area contributed by atoms with Crippen LogP contribution in [0.1, 0.15) is 44.1 Å². The Bertz CT molecular complexity index is 315. The zero-order chi connectivity index (χ0) is 11.6. The number of piperidine rings is 1. The van der Waals surface area contributed by atoms with Crippen LogP contribution in [0.5, 0.6) is 0 Å². The van der Waals surface area contributed by atoms with Crippen molar-refractivity contribution in [1.29, 1.82) is 0 Å². The van der Waals surface area contributed by atoms with Crippen molar-refractivity contribution in [3.63, 3.8) is 0 Å². The molecule has 0 saturated carbocycles. The Morgan fingerprint density at radius 2 is 2.00 bits per heavy atom. The molecule has 0 bridgehead atoms. The zero-order valence-electron chi connectivity index (χ0n) is 10.1. The highest BCUT2D eigenvalue weighted by Crippen LogP contribution is 2.34. The fraction of sp³-hybridized carbons (Fsp3) is 0.692. The molecule has 90 valence electrons. The van der Waals surface area contributed by atoms with E-state index >= 15 is 0 Å². The van der Waals surface area contributed by atoms with Crippen molar-refractivity contribution < 1.29 is 5.11 Å². The second kappa shape index (κ2) is 4.86. The maximum atomic E-state index is 10.5. The van der Waals surface area contributed by atoms with Crippen molar-refractivity contribution >= 4 is 11.3 Å². The van der Waals surface area contributed by atoms with Crippen molar-refractivity contribution in [2.45, 2.75) is 44.8 Å². The summed E-state index contributed by atoms with van der Waals surface area (Å²) < 4.78 is 0. The molecule has 2 heterocycles. The molecule has 1 saturated heterocycles. The van der Waals surface area contributed by atoms with Gasteiger partial charge in [-0.15, -0.1) is 11.3 Å². The van der Waals surface area contributed by atoms with Gasteiger partial charge in [0.25, 0.3) is 0 Å². The fourth-order valence-electron chi connectivity index (χ4n) is 2.44. The first-order chi connectivity index (χ1) is 7.62. The molecule has 1 N–H and O–H groups in total. The molecule has 1 aromatic heterocycles. The Hall–Kier alpha value is -0.380. The first kappa shape index (κ1) is 12.1. The largest absolute Gasteiger partial charge is 0.386 e. The molecule has 16 heavy (non-hydrogen) atoms. The zero-order valence-corrected chi connectivity index (χ0v) is 11.0. The highest BCUT2D eigenvalue weighted by atomic mass is 32.1. The summed E-state index contributed by atoms with van der Waals surface area (Å²) in [7, 11) is 0. The van der Waals surface area contributed by atoms with Crippen LogP contribution in [0.15, 0.2) is 17.5 Å². The Balaban J connectivity index is 2.10. The molecular weight excluding hydrogens is 218 g/mol. The van der Waals surface area contributed by atoms with Crippen LogP contribution in [0.4, 0.5) is 0 Å². The van der Waals surface area contributed by atoms with E-state index in [1.165, 1.54) is 19.3 Å².